The van der Waals surface area contributed by atoms with E-state index in [9.17, 15) is 9.59 Å². The van der Waals surface area contributed by atoms with Gasteiger partial charge in [0.2, 0.25) is 5.91 Å². The van der Waals surface area contributed by atoms with E-state index >= 15 is 0 Å². The number of amides is 1. The summed E-state index contributed by atoms with van der Waals surface area (Å²) in [5.74, 6) is 1.75. The van der Waals surface area contributed by atoms with Crippen molar-refractivity contribution >= 4 is 29.3 Å². The zero-order chi connectivity index (χ0) is 20.1. The molecule has 1 aromatic carbocycles. The number of hydrogen-bond acceptors (Lipinski definition) is 4. The van der Waals surface area contributed by atoms with E-state index in [1.807, 2.05) is 24.3 Å². The fourth-order valence-corrected chi connectivity index (χ4v) is 4.08. The number of benzene rings is 1. The van der Waals surface area contributed by atoms with Gasteiger partial charge >= 0.3 is 5.69 Å². The second kappa shape index (κ2) is 9.65. The van der Waals surface area contributed by atoms with Gasteiger partial charge in [-0.05, 0) is 49.4 Å². The number of fused-ring (bicyclic) bond motifs is 1. The van der Waals surface area contributed by atoms with Gasteiger partial charge in [-0.25, -0.2) is 9.48 Å². The Kier molecular flexibility index (Phi) is 7.24. The lowest BCUT2D eigenvalue weighted by Crippen LogP contribution is -2.36. The molecule has 6 nitrogen and oxygen atoms in total. The van der Waals surface area contributed by atoms with E-state index in [0.717, 1.165) is 30.0 Å². The van der Waals surface area contributed by atoms with Gasteiger partial charge in [-0.15, -0.1) is 11.8 Å². The van der Waals surface area contributed by atoms with Crippen LogP contribution in [-0.2, 0) is 24.3 Å². The summed E-state index contributed by atoms with van der Waals surface area (Å²) < 4.78 is 3.37. The molecule has 2 aromatic rings. The smallest absolute Gasteiger partial charge is 0.345 e. The van der Waals surface area contributed by atoms with E-state index in [1.54, 1.807) is 9.25 Å². The predicted octanol–water partition coefficient (Wildman–Crippen LogP) is 3.36. The number of rotatable bonds is 7. The number of halogens is 1. The quantitative estimate of drug-likeness (QED) is 0.694. The number of carbonyl (C=O) groups is 1. The summed E-state index contributed by atoms with van der Waals surface area (Å²) in [7, 11) is 0. The monoisotopic (exact) mass is 422 g/mol. The van der Waals surface area contributed by atoms with Gasteiger partial charge in [0.25, 0.3) is 0 Å². The van der Waals surface area contributed by atoms with Gasteiger partial charge in [0.15, 0.2) is 0 Å². The Labute approximate surface area is 174 Å². The van der Waals surface area contributed by atoms with Crippen molar-refractivity contribution in [2.24, 2.45) is 5.92 Å². The molecule has 0 fully saturated rings. The molecule has 1 aromatic heterocycles. The van der Waals surface area contributed by atoms with Gasteiger partial charge < -0.3 is 5.32 Å². The Bertz CT molecular complexity index is 860. The summed E-state index contributed by atoms with van der Waals surface area (Å²) in [5.41, 5.74) is -0.0269. The molecule has 3 rings (SSSR count). The van der Waals surface area contributed by atoms with Gasteiger partial charge in [0, 0.05) is 35.5 Å². The topological polar surface area (TPSA) is 68.9 Å². The number of aromatic nitrogens is 3. The van der Waals surface area contributed by atoms with Crippen molar-refractivity contribution in [1.82, 2.24) is 19.7 Å². The van der Waals surface area contributed by atoms with Crippen molar-refractivity contribution in [3.05, 3.63) is 45.6 Å². The third kappa shape index (κ3) is 5.64. The van der Waals surface area contributed by atoms with Crippen molar-refractivity contribution in [1.29, 1.82) is 0 Å². The molecule has 0 radical (unpaired) electrons. The zero-order valence-corrected chi connectivity index (χ0v) is 17.9. The van der Waals surface area contributed by atoms with Crippen LogP contribution in [0.3, 0.4) is 0 Å². The summed E-state index contributed by atoms with van der Waals surface area (Å²) >= 11 is 7.37. The van der Waals surface area contributed by atoms with Crippen LogP contribution in [0.25, 0.3) is 0 Å². The molecule has 28 heavy (non-hydrogen) atoms. The number of aryl methyl sites for hydroxylation is 2. The van der Waals surface area contributed by atoms with Crippen LogP contribution in [0, 0.1) is 5.92 Å². The molecule has 1 unspecified atom stereocenters. The molecule has 2 heterocycles. The van der Waals surface area contributed by atoms with Crippen LogP contribution in [0.1, 0.15) is 38.9 Å². The van der Waals surface area contributed by atoms with E-state index in [4.69, 9.17) is 11.6 Å². The molecule has 1 amide bonds. The Morgan fingerprint density at radius 2 is 2.07 bits per heavy atom. The van der Waals surface area contributed by atoms with Crippen LogP contribution in [-0.4, -0.2) is 32.0 Å². The van der Waals surface area contributed by atoms with Gasteiger partial charge in [0.1, 0.15) is 5.82 Å². The summed E-state index contributed by atoms with van der Waals surface area (Å²) in [6, 6.07) is 7.54. The van der Waals surface area contributed by atoms with Crippen molar-refractivity contribution in [2.45, 2.75) is 63.6 Å². The number of nitrogens with zero attached hydrogens (tertiary/aromatic N) is 3. The molecular weight excluding hydrogens is 396 g/mol. The van der Waals surface area contributed by atoms with Crippen molar-refractivity contribution in [2.75, 3.05) is 5.75 Å². The van der Waals surface area contributed by atoms with Crippen LogP contribution < -0.4 is 11.0 Å². The average Bonchev–Trinajstić information content (AvgIpc) is 2.82. The van der Waals surface area contributed by atoms with Crippen LogP contribution in [0.5, 0.6) is 0 Å². The molecule has 0 spiro atoms. The first-order valence-electron chi connectivity index (χ1n) is 9.76. The Balaban J connectivity index is 1.50. The molecule has 0 saturated carbocycles. The highest BCUT2D eigenvalue weighted by atomic mass is 35.5. The van der Waals surface area contributed by atoms with Crippen molar-refractivity contribution < 1.29 is 4.79 Å². The SMILES string of the molecule is CC(C)CCn1nc2n(c1=O)CCC(NC(=O)CSc1ccc(Cl)cc1)CC2. The van der Waals surface area contributed by atoms with E-state index in [0.29, 0.717) is 36.2 Å². The largest absolute Gasteiger partial charge is 0.353 e. The number of carbonyl (C=O) groups excluding carboxylic acids is 1. The van der Waals surface area contributed by atoms with Crippen LogP contribution >= 0.6 is 23.4 Å². The Morgan fingerprint density at radius 1 is 1.32 bits per heavy atom. The van der Waals surface area contributed by atoms with Crippen molar-refractivity contribution in [3.8, 4) is 0 Å². The van der Waals surface area contributed by atoms with E-state index in [2.05, 4.69) is 24.3 Å². The van der Waals surface area contributed by atoms with Gasteiger partial charge in [-0.3, -0.25) is 9.36 Å². The normalized spacial score (nSPS) is 16.6. The molecule has 0 aliphatic carbocycles. The fourth-order valence-electron chi connectivity index (χ4n) is 3.25. The molecule has 152 valence electrons. The number of hydrogen-bond donors (Lipinski definition) is 1. The molecule has 1 aliphatic rings. The van der Waals surface area contributed by atoms with Crippen LogP contribution in [0.15, 0.2) is 34.0 Å². The van der Waals surface area contributed by atoms with Crippen molar-refractivity contribution in [3.63, 3.8) is 0 Å². The average molecular weight is 423 g/mol. The summed E-state index contributed by atoms with van der Waals surface area (Å²) in [4.78, 5) is 25.9. The first-order chi connectivity index (χ1) is 13.4. The molecule has 8 heteroatoms. The molecule has 1 aliphatic heterocycles. The minimum Gasteiger partial charge on any atom is -0.353 e. The third-order valence-electron chi connectivity index (χ3n) is 4.88. The first kappa shape index (κ1) is 21.0. The van der Waals surface area contributed by atoms with Gasteiger partial charge in [0.05, 0.1) is 5.75 Å². The predicted molar refractivity (Wildman–Crippen MR) is 113 cm³/mol. The van der Waals surface area contributed by atoms with Gasteiger partial charge in [-0.2, -0.15) is 5.10 Å². The lowest BCUT2D eigenvalue weighted by Gasteiger charge is -2.16. The van der Waals surface area contributed by atoms with Gasteiger partial charge in [-0.1, -0.05) is 25.4 Å². The maximum absolute atomic E-state index is 12.6. The lowest BCUT2D eigenvalue weighted by atomic mass is 10.1. The van der Waals surface area contributed by atoms with E-state index < -0.39 is 0 Å². The standard InChI is InChI=1S/C20H27ClN4O2S/c1-14(2)9-12-25-20(27)24-11-10-16(5-8-18(24)23-25)22-19(26)13-28-17-6-3-15(21)4-7-17/h3-4,6-7,14,16H,5,8-13H2,1-2H3,(H,22,26). The zero-order valence-electron chi connectivity index (χ0n) is 16.4. The summed E-state index contributed by atoms with van der Waals surface area (Å²) in [6.07, 6.45) is 3.21. The highest BCUT2D eigenvalue weighted by Crippen LogP contribution is 2.20. The number of nitrogens with one attached hydrogen (secondary N) is 1. The van der Waals surface area contributed by atoms with E-state index in [-0.39, 0.29) is 17.6 Å². The third-order valence-corrected chi connectivity index (χ3v) is 6.15. The van der Waals surface area contributed by atoms with E-state index in [1.165, 1.54) is 11.8 Å². The lowest BCUT2D eigenvalue weighted by molar-refractivity contribution is -0.119. The molecule has 1 atom stereocenters. The molecule has 0 bridgehead atoms. The Hall–Kier alpha value is -1.73. The minimum atomic E-state index is -0.0269. The Morgan fingerprint density at radius 3 is 2.79 bits per heavy atom. The molecule has 1 N–H and O–H groups in total. The summed E-state index contributed by atoms with van der Waals surface area (Å²) in [6.45, 7) is 5.55. The number of thioether (sulfide) groups is 1. The second-order valence-corrected chi connectivity index (χ2v) is 9.08. The maximum atomic E-state index is 12.6. The minimum absolute atomic E-state index is 0.0128. The second-order valence-electron chi connectivity index (χ2n) is 7.59. The van der Waals surface area contributed by atoms with Crippen LogP contribution in [0.2, 0.25) is 5.02 Å². The maximum Gasteiger partial charge on any atom is 0.345 e. The molecule has 0 saturated heterocycles. The fraction of sp³-hybridized carbons (Fsp3) is 0.550. The van der Waals surface area contributed by atoms with Crippen LogP contribution in [0.4, 0.5) is 0 Å². The first-order valence-corrected chi connectivity index (χ1v) is 11.1. The molecular formula is C20H27ClN4O2S. The summed E-state index contributed by atoms with van der Waals surface area (Å²) in [5, 5.41) is 8.31. The highest BCUT2D eigenvalue weighted by Gasteiger charge is 2.22. The highest BCUT2D eigenvalue weighted by molar-refractivity contribution is 8.00.